The standard InChI is InChI=1S/C25H24F3N9O3/c26-25(27,28)21-18(14-32-34-23(21)38)37-7-1-2-17(37)15-40-20-5-6-30-22(33-20)24(39)36-10-8-35(9-11-36)19-4-3-16(12-29)13-31-19/h3-6,13-14,17,21H,1-2,7-11,15H2/t17-,21?/m0/s1. The molecule has 0 N–H and O–H groups in total. The molecule has 15 heteroatoms. The van der Waals surface area contributed by atoms with E-state index >= 15 is 0 Å². The summed E-state index contributed by atoms with van der Waals surface area (Å²) in [7, 11) is 0. The number of piperazine rings is 1. The largest absolute Gasteiger partial charge is 0.475 e. The van der Waals surface area contributed by atoms with Gasteiger partial charge in [0.25, 0.3) is 11.8 Å². The van der Waals surface area contributed by atoms with Crippen LogP contribution in [0, 0.1) is 17.2 Å². The molecule has 2 fully saturated rings. The molecule has 0 spiro atoms. The van der Waals surface area contributed by atoms with Gasteiger partial charge in [-0.05, 0) is 25.0 Å². The summed E-state index contributed by atoms with van der Waals surface area (Å²) in [5.74, 6) is -3.29. The predicted molar refractivity (Wildman–Crippen MR) is 132 cm³/mol. The third-order valence-electron chi connectivity index (χ3n) is 6.94. The van der Waals surface area contributed by atoms with Crippen LogP contribution < -0.4 is 9.64 Å². The Kier molecular flexibility index (Phi) is 7.58. The molecular formula is C25H24F3N9O3. The molecule has 208 valence electrons. The summed E-state index contributed by atoms with van der Waals surface area (Å²) in [5, 5.41) is 15.5. The molecular weight excluding hydrogens is 531 g/mol. The first-order chi connectivity index (χ1) is 19.2. The van der Waals surface area contributed by atoms with Crippen LogP contribution in [-0.2, 0) is 4.79 Å². The molecule has 3 aliphatic heterocycles. The van der Waals surface area contributed by atoms with Gasteiger partial charge in [-0.15, -0.1) is 5.11 Å². The van der Waals surface area contributed by atoms with Crippen molar-refractivity contribution >= 4 is 17.6 Å². The molecule has 0 aliphatic carbocycles. The number of nitrogens with zero attached hydrogens (tertiary/aromatic N) is 9. The quantitative estimate of drug-likeness (QED) is 0.526. The number of aromatic nitrogens is 3. The van der Waals surface area contributed by atoms with E-state index in [9.17, 15) is 22.8 Å². The summed E-state index contributed by atoms with van der Waals surface area (Å²) >= 11 is 0. The topological polar surface area (TPSA) is 140 Å². The Morgan fingerprint density at radius 2 is 1.93 bits per heavy atom. The minimum atomic E-state index is -4.79. The van der Waals surface area contributed by atoms with Crippen molar-refractivity contribution in [1.29, 1.82) is 5.26 Å². The van der Waals surface area contributed by atoms with Gasteiger partial charge in [0.2, 0.25) is 11.7 Å². The molecule has 40 heavy (non-hydrogen) atoms. The highest BCUT2D eigenvalue weighted by atomic mass is 19.4. The van der Waals surface area contributed by atoms with E-state index < -0.39 is 24.0 Å². The van der Waals surface area contributed by atoms with Crippen molar-refractivity contribution in [3.05, 3.63) is 53.9 Å². The summed E-state index contributed by atoms with van der Waals surface area (Å²) in [6.45, 7) is 2.21. The Labute approximate surface area is 226 Å². The molecule has 2 saturated heterocycles. The second-order valence-corrected chi connectivity index (χ2v) is 9.40. The van der Waals surface area contributed by atoms with Crippen LogP contribution in [0.3, 0.4) is 0 Å². The van der Waals surface area contributed by atoms with Crippen LogP contribution in [0.2, 0.25) is 0 Å². The Morgan fingerprint density at radius 3 is 2.62 bits per heavy atom. The highest BCUT2D eigenvalue weighted by Crippen LogP contribution is 2.39. The Morgan fingerprint density at radius 1 is 1.12 bits per heavy atom. The van der Waals surface area contributed by atoms with Crippen molar-refractivity contribution in [3.8, 4) is 11.9 Å². The van der Waals surface area contributed by atoms with Gasteiger partial charge in [-0.1, -0.05) is 0 Å². The normalized spacial score (nSPS) is 21.3. The van der Waals surface area contributed by atoms with E-state index in [1.54, 1.807) is 17.0 Å². The lowest BCUT2D eigenvalue weighted by atomic mass is 10.0. The third-order valence-corrected chi connectivity index (χ3v) is 6.94. The van der Waals surface area contributed by atoms with Gasteiger partial charge in [0.05, 0.1) is 23.5 Å². The second-order valence-electron chi connectivity index (χ2n) is 9.40. The van der Waals surface area contributed by atoms with Crippen molar-refractivity contribution in [2.75, 3.05) is 44.2 Å². The van der Waals surface area contributed by atoms with Crippen LogP contribution in [0.4, 0.5) is 19.0 Å². The molecule has 0 aromatic carbocycles. The van der Waals surface area contributed by atoms with Crippen molar-refractivity contribution in [3.63, 3.8) is 0 Å². The number of carbonyl (C=O) groups is 2. The second kappa shape index (κ2) is 11.2. The SMILES string of the molecule is N#Cc1ccc(N2CCN(C(=O)c3nccc(OC[C@@H]4CCCN4C4=CN=NC(=O)C4C(F)(F)F)n3)CC2)nc1. The monoisotopic (exact) mass is 555 g/mol. The van der Waals surface area contributed by atoms with E-state index in [4.69, 9.17) is 10.00 Å². The van der Waals surface area contributed by atoms with E-state index in [0.29, 0.717) is 51.1 Å². The zero-order chi connectivity index (χ0) is 28.3. The predicted octanol–water partition coefficient (Wildman–Crippen LogP) is 2.56. The lowest BCUT2D eigenvalue weighted by Gasteiger charge is -2.35. The average Bonchev–Trinajstić information content (AvgIpc) is 3.44. The number of anilines is 1. The number of alkyl halides is 3. The van der Waals surface area contributed by atoms with Crippen LogP contribution in [-0.4, -0.2) is 88.1 Å². The van der Waals surface area contributed by atoms with Gasteiger partial charge >= 0.3 is 6.18 Å². The van der Waals surface area contributed by atoms with Crippen molar-refractivity contribution < 1.29 is 27.5 Å². The number of azo groups is 1. The number of amides is 2. The molecule has 2 amide bonds. The molecule has 5 rings (SSSR count). The maximum absolute atomic E-state index is 13.6. The Balaban J connectivity index is 1.19. The maximum atomic E-state index is 13.6. The molecule has 2 aromatic rings. The van der Waals surface area contributed by atoms with Crippen molar-refractivity contribution in [1.82, 2.24) is 24.8 Å². The van der Waals surface area contributed by atoms with E-state index in [1.807, 2.05) is 11.0 Å². The van der Waals surface area contributed by atoms with Crippen LogP contribution in [0.1, 0.15) is 29.0 Å². The van der Waals surface area contributed by atoms with Gasteiger partial charge in [-0.25, -0.2) is 9.97 Å². The fraction of sp³-hybridized carbons (Fsp3) is 0.440. The molecule has 0 bridgehead atoms. The molecule has 5 heterocycles. The van der Waals surface area contributed by atoms with Crippen LogP contribution in [0.25, 0.3) is 0 Å². The Hall–Kier alpha value is -4.61. The van der Waals surface area contributed by atoms with Crippen molar-refractivity contribution in [2.24, 2.45) is 16.1 Å². The van der Waals surface area contributed by atoms with Gasteiger partial charge in [-0.2, -0.15) is 28.5 Å². The number of hydrogen-bond acceptors (Lipinski definition) is 10. The first-order valence-electron chi connectivity index (χ1n) is 12.6. The molecule has 1 unspecified atom stereocenters. The van der Waals surface area contributed by atoms with E-state index in [0.717, 1.165) is 12.0 Å². The molecule has 12 nitrogen and oxygen atoms in total. The number of likely N-dealkylation sites (tertiary alicyclic amines) is 1. The van der Waals surface area contributed by atoms with Gasteiger partial charge < -0.3 is 19.4 Å². The molecule has 0 saturated carbocycles. The zero-order valence-electron chi connectivity index (χ0n) is 21.2. The number of hydrogen-bond donors (Lipinski definition) is 0. The first kappa shape index (κ1) is 27.0. The van der Waals surface area contributed by atoms with E-state index in [-0.39, 0.29) is 29.9 Å². The van der Waals surface area contributed by atoms with Crippen LogP contribution in [0.15, 0.2) is 52.7 Å². The van der Waals surface area contributed by atoms with Gasteiger partial charge in [0, 0.05) is 51.2 Å². The summed E-state index contributed by atoms with van der Waals surface area (Å²) in [6.07, 6.45) is 0.240. The number of pyridine rings is 1. The summed E-state index contributed by atoms with van der Waals surface area (Å²) in [6, 6.07) is 6.51. The minimum absolute atomic E-state index is 0.00579. The molecule has 0 radical (unpaired) electrons. The Bertz CT molecular complexity index is 1370. The number of rotatable bonds is 6. The zero-order valence-corrected chi connectivity index (χ0v) is 21.2. The van der Waals surface area contributed by atoms with Gasteiger partial charge in [0.15, 0.2) is 5.92 Å². The lowest BCUT2D eigenvalue weighted by molar-refractivity contribution is -0.177. The summed E-state index contributed by atoms with van der Waals surface area (Å²) < 4.78 is 46.6. The highest BCUT2D eigenvalue weighted by Gasteiger charge is 2.51. The molecule has 3 aliphatic rings. The lowest BCUT2D eigenvalue weighted by Crippen LogP contribution is -2.49. The number of halogens is 3. The molecule has 2 atom stereocenters. The van der Waals surface area contributed by atoms with Gasteiger partial charge in [0.1, 0.15) is 18.5 Å². The number of nitriles is 1. The number of ether oxygens (including phenoxy) is 1. The fourth-order valence-corrected chi connectivity index (χ4v) is 4.93. The van der Waals surface area contributed by atoms with Gasteiger partial charge in [-0.3, -0.25) is 9.59 Å². The van der Waals surface area contributed by atoms with E-state index in [1.165, 1.54) is 23.4 Å². The minimum Gasteiger partial charge on any atom is -0.475 e. The average molecular weight is 556 g/mol. The van der Waals surface area contributed by atoms with Crippen molar-refractivity contribution in [2.45, 2.75) is 25.1 Å². The number of carbonyl (C=O) groups excluding carboxylic acids is 2. The van der Waals surface area contributed by atoms with Crippen LogP contribution >= 0.6 is 0 Å². The summed E-state index contributed by atoms with van der Waals surface area (Å²) in [5.41, 5.74) is 0.225. The molecule has 2 aromatic heterocycles. The first-order valence-corrected chi connectivity index (χ1v) is 12.6. The summed E-state index contributed by atoms with van der Waals surface area (Å²) in [4.78, 5) is 42.7. The fourth-order valence-electron chi connectivity index (χ4n) is 4.93. The third kappa shape index (κ3) is 5.70. The van der Waals surface area contributed by atoms with Crippen LogP contribution in [0.5, 0.6) is 5.88 Å². The van der Waals surface area contributed by atoms with E-state index in [2.05, 4.69) is 25.2 Å². The smallest absolute Gasteiger partial charge is 0.406 e. The maximum Gasteiger partial charge on any atom is 0.406 e. The highest BCUT2D eigenvalue weighted by molar-refractivity contribution is 5.90.